The first-order valence-electron chi connectivity index (χ1n) is 6.01. The monoisotopic (exact) mass is 270 g/mol. The van der Waals surface area contributed by atoms with Gasteiger partial charge in [0.05, 0.1) is 11.7 Å². The van der Waals surface area contributed by atoms with Crippen LogP contribution in [0.2, 0.25) is 0 Å². The minimum absolute atomic E-state index is 0.121. The lowest BCUT2D eigenvalue weighted by atomic mass is 10.0. The molecule has 0 saturated heterocycles. The van der Waals surface area contributed by atoms with E-state index in [1.54, 1.807) is 17.5 Å². The van der Waals surface area contributed by atoms with Crippen LogP contribution in [0.25, 0.3) is 10.1 Å². The second kappa shape index (κ2) is 5.05. The number of aromatic nitrogens is 2. The zero-order valence-corrected chi connectivity index (χ0v) is 11.3. The predicted molar refractivity (Wildman–Crippen MR) is 77.8 cm³/mol. The molecule has 1 atom stereocenters. The second-order valence-corrected chi connectivity index (χ2v) is 5.23. The van der Waals surface area contributed by atoms with Crippen molar-refractivity contribution in [1.29, 1.82) is 0 Å². The molecule has 2 aromatic heterocycles. The summed E-state index contributed by atoms with van der Waals surface area (Å²) < 4.78 is 1.24. The van der Waals surface area contributed by atoms with E-state index in [0.29, 0.717) is 0 Å². The third kappa shape index (κ3) is 2.23. The van der Waals surface area contributed by atoms with Crippen molar-refractivity contribution < 1.29 is 0 Å². The molecule has 4 nitrogen and oxygen atoms in total. The smallest absolute Gasteiger partial charge is 0.125 e. The van der Waals surface area contributed by atoms with Crippen LogP contribution in [0.15, 0.2) is 41.9 Å². The average Bonchev–Trinajstić information content (AvgIpc) is 2.89. The van der Waals surface area contributed by atoms with Gasteiger partial charge < -0.3 is 0 Å². The standard InChI is InChI=1S/C14H14N4S/c1-9-16-7-5-12(17-9)13(18-15)11-4-2-3-10-6-8-19-14(10)11/h2-8,13,18H,15H2,1H3. The molecule has 3 rings (SSSR count). The molecule has 0 aliphatic carbocycles. The maximum Gasteiger partial charge on any atom is 0.125 e. The van der Waals surface area contributed by atoms with E-state index in [2.05, 4.69) is 39.0 Å². The highest BCUT2D eigenvalue weighted by molar-refractivity contribution is 7.17. The molecule has 3 aromatic rings. The van der Waals surface area contributed by atoms with E-state index in [9.17, 15) is 0 Å². The zero-order chi connectivity index (χ0) is 13.2. The zero-order valence-electron chi connectivity index (χ0n) is 10.5. The highest BCUT2D eigenvalue weighted by Crippen LogP contribution is 2.31. The minimum atomic E-state index is -0.121. The summed E-state index contributed by atoms with van der Waals surface area (Å²) in [6.45, 7) is 1.88. The van der Waals surface area contributed by atoms with E-state index in [0.717, 1.165) is 17.1 Å². The summed E-state index contributed by atoms with van der Waals surface area (Å²) in [6, 6.07) is 10.1. The van der Waals surface area contributed by atoms with Crippen LogP contribution in [-0.4, -0.2) is 9.97 Å². The Morgan fingerprint density at radius 1 is 1.26 bits per heavy atom. The largest absolute Gasteiger partial charge is 0.271 e. The summed E-state index contributed by atoms with van der Waals surface area (Å²) >= 11 is 1.72. The molecule has 1 unspecified atom stereocenters. The summed E-state index contributed by atoms with van der Waals surface area (Å²) in [4.78, 5) is 8.59. The molecule has 0 bridgehead atoms. The number of rotatable bonds is 3. The molecule has 0 fully saturated rings. The number of thiophene rings is 1. The molecule has 0 saturated carbocycles. The van der Waals surface area contributed by atoms with Crippen LogP contribution in [-0.2, 0) is 0 Å². The summed E-state index contributed by atoms with van der Waals surface area (Å²) in [5.74, 6) is 6.49. The van der Waals surface area contributed by atoms with Crippen LogP contribution >= 0.6 is 11.3 Å². The number of aryl methyl sites for hydroxylation is 1. The van der Waals surface area contributed by atoms with Crippen molar-refractivity contribution in [2.45, 2.75) is 13.0 Å². The molecule has 2 heterocycles. The van der Waals surface area contributed by atoms with Gasteiger partial charge in [0.25, 0.3) is 0 Å². The summed E-state index contributed by atoms with van der Waals surface area (Å²) in [5.41, 5.74) is 4.89. The SMILES string of the molecule is Cc1nccc(C(NN)c2cccc3ccsc23)n1. The number of benzene rings is 1. The highest BCUT2D eigenvalue weighted by atomic mass is 32.1. The maximum atomic E-state index is 5.74. The van der Waals surface area contributed by atoms with Gasteiger partial charge in [-0.25, -0.2) is 15.4 Å². The average molecular weight is 270 g/mol. The van der Waals surface area contributed by atoms with Gasteiger partial charge in [0, 0.05) is 10.9 Å². The van der Waals surface area contributed by atoms with Crippen molar-refractivity contribution in [1.82, 2.24) is 15.4 Å². The van der Waals surface area contributed by atoms with Crippen LogP contribution in [0, 0.1) is 6.92 Å². The summed E-state index contributed by atoms with van der Waals surface area (Å²) in [5, 5.41) is 3.32. The van der Waals surface area contributed by atoms with Gasteiger partial charge in [-0.15, -0.1) is 11.3 Å². The maximum absolute atomic E-state index is 5.74. The van der Waals surface area contributed by atoms with Crippen LogP contribution in [0.4, 0.5) is 0 Å². The van der Waals surface area contributed by atoms with Gasteiger partial charge in [-0.1, -0.05) is 18.2 Å². The lowest BCUT2D eigenvalue weighted by Gasteiger charge is -2.16. The Kier molecular flexibility index (Phi) is 3.25. The second-order valence-electron chi connectivity index (χ2n) is 4.31. The van der Waals surface area contributed by atoms with E-state index >= 15 is 0 Å². The lowest BCUT2D eigenvalue weighted by molar-refractivity contribution is 0.621. The third-order valence-electron chi connectivity index (χ3n) is 3.08. The van der Waals surface area contributed by atoms with Gasteiger partial charge >= 0.3 is 0 Å². The summed E-state index contributed by atoms with van der Waals surface area (Å²) in [6.07, 6.45) is 1.76. The van der Waals surface area contributed by atoms with Crippen LogP contribution in [0.5, 0.6) is 0 Å². The van der Waals surface area contributed by atoms with E-state index in [1.807, 2.05) is 19.1 Å². The Morgan fingerprint density at radius 3 is 2.95 bits per heavy atom. The molecule has 0 spiro atoms. The number of hydrazine groups is 1. The predicted octanol–water partition coefficient (Wildman–Crippen LogP) is 2.55. The number of hydrogen-bond acceptors (Lipinski definition) is 5. The van der Waals surface area contributed by atoms with E-state index in [4.69, 9.17) is 5.84 Å². The molecular weight excluding hydrogens is 256 g/mol. The number of nitrogens with two attached hydrogens (primary N) is 1. The minimum Gasteiger partial charge on any atom is -0.271 e. The molecule has 0 aliphatic heterocycles. The first kappa shape index (κ1) is 12.2. The van der Waals surface area contributed by atoms with Crippen molar-refractivity contribution in [3.63, 3.8) is 0 Å². The molecule has 96 valence electrons. The van der Waals surface area contributed by atoms with Crippen LogP contribution < -0.4 is 11.3 Å². The fraction of sp³-hybridized carbons (Fsp3) is 0.143. The molecule has 3 N–H and O–H groups in total. The fourth-order valence-electron chi connectivity index (χ4n) is 2.21. The van der Waals surface area contributed by atoms with Crippen molar-refractivity contribution in [3.8, 4) is 0 Å². The van der Waals surface area contributed by atoms with Crippen molar-refractivity contribution in [2.24, 2.45) is 5.84 Å². The molecule has 0 radical (unpaired) electrons. The van der Waals surface area contributed by atoms with Gasteiger partial charge in [-0.3, -0.25) is 5.84 Å². The Balaban J connectivity index is 2.14. The molecule has 1 aromatic carbocycles. The lowest BCUT2D eigenvalue weighted by Crippen LogP contribution is -2.29. The molecule has 0 amide bonds. The van der Waals surface area contributed by atoms with Gasteiger partial charge in [0.2, 0.25) is 0 Å². The van der Waals surface area contributed by atoms with E-state index < -0.39 is 0 Å². The topological polar surface area (TPSA) is 63.8 Å². The molecular formula is C14H14N4S. The third-order valence-corrected chi connectivity index (χ3v) is 4.06. The first-order chi connectivity index (χ1) is 9.29. The molecule has 0 aliphatic rings. The first-order valence-corrected chi connectivity index (χ1v) is 6.89. The van der Waals surface area contributed by atoms with E-state index in [-0.39, 0.29) is 6.04 Å². The summed E-state index contributed by atoms with van der Waals surface area (Å²) in [7, 11) is 0. The Labute approximate surface area is 115 Å². The quantitative estimate of drug-likeness (QED) is 0.567. The van der Waals surface area contributed by atoms with Crippen molar-refractivity contribution in [2.75, 3.05) is 0 Å². The van der Waals surface area contributed by atoms with E-state index in [1.165, 1.54) is 10.1 Å². The van der Waals surface area contributed by atoms with Crippen LogP contribution in [0.1, 0.15) is 23.1 Å². The van der Waals surface area contributed by atoms with Crippen molar-refractivity contribution >= 4 is 21.4 Å². The van der Waals surface area contributed by atoms with Gasteiger partial charge in [0.15, 0.2) is 0 Å². The Morgan fingerprint density at radius 2 is 2.16 bits per heavy atom. The van der Waals surface area contributed by atoms with Gasteiger partial charge in [0.1, 0.15) is 5.82 Å². The molecule has 5 heteroatoms. The normalized spacial score (nSPS) is 12.7. The Bertz CT molecular complexity index is 707. The van der Waals surface area contributed by atoms with Crippen LogP contribution in [0.3, 0.4) is 0 Å². The fourth-order valence-corrected chi connectivity index (χ4v) is 3.16. The number of nitrogens with one attached hydrogen (secondary N) is 1. The number of nitrogens with zero attached hydrogens (tertiary/aromatic N) is 2. The van der Waals surface area contributed by atoms with Gasteiger partial charge in [-0.05, 0) is 35.4 Å². The number of fused-ring (bicyclic) bond motifs is 1. The number of hydrogen-bond donors (Lipinski definition) is 2. The van der Waals surface area contributed by atoms with Crippen molar-refractivity contribution in [3.05, 3.63) is 59.0 Å². The Hall–Kier alpha value is -1.82. The van der Waals surface area contributed by atoms with Gasteiger partial charge in [-0.2, -0.15) is 0 Å². The molecule has 19 heavy (non-hydrogen) atoms. The highest BCUT2D eigenvalue weighted by Gasteiger charge is 2.17.